The van der Waals surface area contributed by atoms with Crippen LogP contribution in [0, 0.1) is 6.92 Å². The molecule has 2 rings (SSSR count). The normalized spacial score (nSPS) is 10.2. The van der Waals surface area contributed by atoms with Gasteiger partial charge >= 0.3 is 5.97 Å². The lowest BCUT2D eigenvalue weighted by molar-refractivity contribution is 0.0599. The summed E-state index contributed by atoms with van der Waals surface area (Å²) in [4.78, 5) is 16.1. The number of aryl methyl sites for hydroxylation is 2. The molecule has 0 atom stereocenters. The maximum atomic E-state index is 11.7. The van der Waals surface area contributed by atoms with Crippen molar-refractivity contribution in [2.24, 2.45) is 0 Å². The highest BCUT2D eigenvalue weighted by Gasteiger charge is 2.14. The van der Waals surface area contributed by atoms with Crippen LogP contribution in [-0.4, -0.2) is 18.1 Å². The first-order chi connectivity index (χ1) is 10.1. The standard InChI is InChI=1S/C17H19NO3/c1-4-5-15-14(17(19)20-3)10-11-16(18-15)21-13-8-6-12(2)7-9-13/h6-11H,4-5H2,1-3H3. The quantitative estimate of drug-likeness (QED) is 0.781. The average Bonchev–Trinajstić information content (AvgIpc) is 2.49. The number of hydrogen-bond acceptors (Lipinski definition) is 4. The highest BCUT2D eigenvalue weighted by atomic mass is 16.5. The molecule has 0 N–H and O–H groups in total. The Balaban J connectivity index is 2.26. The van der Waals surface area contributed by atoms with Crippen molar-refractivity contribution in [3.63, 3.8) is 0 Å². The van der Waals surface area contributed by atoms with E-state index in [0.29, 0.717) is 23.6 Å². The van der Waals surface area contributed by atoms with E-state index in [1.54, 1.807) is 12.1 Å². The van der Waals surface area contributed by atoms with Crippen LogP contribution in [0.25, 0.3) is 0 Å². The summed E-state index contributed by atoms with van der Waals surface area (Å²) in [6, 6.07) is 11.1. The monoisotopic (exact) mass is 285 g/mol. The molecule has 0 saturated carbocycles. The molecule has 1 aromatic carbocycles. The number of benzene rings is 1. The minimum absolute atomic E-state index is 0.368. The van der Waals surface area contributed by atoms with Crippen LogP contribution in [0.15, 0.2) is 36.4 Å². The molecule has 0 bridgehead atoms. The van der Waals surface area contributed by atoms with Gasteiger partial charge < -0.3 is 9.47 Å². The molecule has 21 heavy (non-hydrogen) atoms. The molecule has 0 amide bonds. The fourth-order valence-corrected chi connectivity index (χ4v) is 1.99. The summed E-state index contributed by atoms with van der Waals surface area (Å²) in [7, 11) is 1.37. The molecular weight excluding hydrogens is 266 g/mol. The Kier molecular flexibility index (Phi) is 4.93. The van der Waals surface area contributed by atoms with Crippen LogP contribution in [0.4, 0.5) is 0 Å². The van der Waals surface area contributed by atoms with Crippen molar-refractivity contribution >= 4 is 5.97 Å². The molecule has 0 aliphatic heterocycles. The van der Waals surface area contributed by atoms with Gasteiger partial charge in [-0.15, -0.1) is 0 Å². The van der Waals surface area contributed by atoms with Gasteiger partial charge in [0.2, 0.25) is 5.88 Å². The molecule has 0 aliphatic carbocycles. The second kappa shape index (κ2) is 6.88. The Morgan fingerprint density at radius 3 is 2.48 bits per heavy atom. The van der Waals surface area contributed by atoms with Gasteiger partial charge in [-0.2, -0.15) is 0 Å². The topological polar surface area (TPSA) is 48.4 Å². The number of carbonyl (C=O) groups is 1. The molecule has 0 fully saturated rings. The first kappa shape index (κ1) is 15.0. The van der Waals surface area contributed by atoms with E-state index in [9.17, 15) is 4.79 Å². The summed E-state index contributed by atoms with van der Waals surface area (Å²) in [5, 5.41) is 0. The second-order valence-electron chi connectivity index (χ2n) is 4.80. The van der Waals surface area contributed by atoms with Crippen molar-refractivity contribution in [3.8, 4) is 11.6 Å². The number of rotatable bonds is 5. The predicted molar refractivity (Wildman–Crippen MR) is 80.8 cm³/mol. The molecule has 4 nitrogen and oxygen atoms in total. The average molecular weight is 285 g/mol. The lowest BCUT2D eigenvalue weighted by Gasteiger charge is -2.10. The smallest absolute Gasteiger partial charge is 0.339 e. The Hall–Kier alpha value is -2.36. The van der Waals surface area contributed by atoms with E-state index in [0.717, 1.165) is 12.2 Å². The van der Waals surface area contributed by atoms with E-state index in [-0.39, 0.29) is 5.97 Å². The lowest BCUT2D eigenvalue weighted by Crippen LogP contribution is -2.08. The number of carbonyl (C=O) groups excluding carboxylic acids is 1. The molecule has 1 aromatic heterocycles. The fraction of sp³-hybridized carbons (Fsp3) is 0.294. The largest absolute Gasteiger partial charge is 0.465 e. The summed E-state index contributed by atoms with van der Waals surface area (Å²) in [5.74, 6) is 0.837. The number of hydrogen-bond donors (Lipinski definition) is 0. The summed E-state index contributed by atoms with van der Waals surface area (Å²) in [6.45, 7) is 4.06. The number of aromatic nitrogens is 1. The van der Waals surface area contributed by atoms with E-state index >= 15 is 0 Å². The third kappa shape index (κ3) is 3.81. The minimum atomic E-state index is -0.368. The minimum Gasteiger partial charge on any atom is -0.465 e. The molecule has 110 valence electrons. The van der Waals surface area contributed by atoms with Gasteiger partial charge in [0.15, 0.2) is 0 Å². The van der Waals surface area contributed by atoms with Crippen LogP contribution >= 0.6 is 0 Å². The van der Waals surface area contributed by atoms with E-state index in [1.165, 1.54) is 12.7 Å². The van der Waals surface area contributed by atoms with Crippen molar-refractivity contribution < 1.29 is 14.3 Å². The second-order valence-corrected chi connectivity index (χ2v) is 4.80. The van der Waals surface area contributed by atoms with Crippen molar-refractivity contribution in [3.05, 3.63) is 53.2 Å². The van der Waals surface area contributed by atoms with Crippen LogP contribution < -0.4 is 4.74 Å². The third-order valence-corrected chi connectivity index (χ3v) is 3.08. The first-order valence-corrected chi connectivity index (χ1v) is 6.96. The zero-order chi connectivity index (χ0) is 15.2. The number of esters is 1. The van der Waals surface area contributed by atoms with Crippen LogP contribution in [0.2, 0.25) is 0 Å². The number of methoxy groups -OCH3 is 1. The van der Waals surface area contributed by atoms with Crippen molar-refractivity contribution in [2.75, 3.05) is 7.11 Å². The summed E-state index contributed by atoms with van der Waals surface area (Å²) in [5.41, 5.74) is 2.37. The molecule has 1 heterocycles. The molecular formula is C17H19NO3. The molecule has 0 aliphatic rings. The highest BCUT2D eigenvalue weighted by molar-refractivity contribution is 5.90. The van der Waals surface area contributed by atoms with Gasteiger partial charge in [-0.25, -0.2) is 9.78 Å². The lowest BCUT2D eigenvalue weighted by atomic mass is 10.1. The van der Waals surface area contributed by atoms with Crippen LogP contribution in [0.5, 0.6) is 11.6 Å². The zero-order valence-corrected chi connectivity index (χ0v) is 12.6. The number of nitrogens with zero attached hydrogens (tertiary/aromatic N) is 1. The van der Waals surface area contributed by atoms with E-state index in [1.807, 2.05) is 38.1 Å². The molecule has 0 unspecified atom stereocenters. The molecule has 4 heteroatoms. The van der Waals surface area contributed by atoms with Crippen LogP contribution in [0.3, 0.4) is 0 Å². The molecule has 2 aromatic rings. The summed E-state index contributed by atoms with van der Waals surface area (Å²) >= 11 is 0. The number of pyridine rings is 1. The Morgan fingerprint density at radius 2 is 1.86 bits per heavy atom. The van der Waals surface area contributed by atoms with Crippen molar-refractivity contribution in [1.29, 1.82) is 0 Å². The molecule has 0 radical (unpaired) electrons. The zero-order valence-electron chi connectivity index (χ0n) is 12.6. The molecule has 0 spiro atoms. The van der Waals surface area contributed by atoms with Gasteiger partial charge in [0.05, 0.1) is 18.4 Å². The number of ether oxygens (including phenoxy) is 2. The highest BCUT2D eigenvalue weighted by Crippen LogP contribution is 2.22. The summed E-state index contributed by atoms with van der Waals surface area (Å²) in [6.07, 6.45) is 1.60. The predicted octanol–water partition coefficient (Wildman–Crippen LogP) is 3.92. The van der Waals surface area contributed by atoms with Gasteiger partial charge in [-0.3, -0.25) is 0 Å². The summed E-state index contributed by atoms with van der Waals surface area (Å²) < 4.78 is 10.5. The molecule has 0 saturated heterocycles. The maximum Gasteiger partial charge on any atom is 0.339 e. The van der Waals surface area contributed by atoms with Gasteiger partial charge in [-0.05, 0) is 31.5 Å². The van der Waals surface area contributed by atoms with E-state index < -0.39 is 0 Å². The van der Waals surface area contributed by atoms with E-state index in [2.05, 4.69) is 4.98 Å². The van der Waals surface area contributed by atoms with Gasteiger partial charge in [0.25, 0.3) is 0 Å². The van der Waals surface area contributed by atoms with Crippen molar-refractivity contribution in [1.82, 2.24) is 4.98 Å². The fourth-order valence-electron chi connectivity index (χ4n) is 1.99. The van der Waals surface area contributed by atoms with Crippen LogP contribution in [-0.2, 0) is 11.2 Å². The van der Waals surface area contributed by atoms with Crippen molar-refractivity contribution in [2.45, 2.75) is 26.7 Å². The third-order valence-electron chi connectivity index (χ3n) is 3.08. The van der Waals surface area contributed by atoms with Gasteiger partial charge in [-0.1, -0.05) is 31.0 Å². The van der Waals surface area contributed by atoms with Crippen LogP contribution in [0.1, 0.15) is 35.0 Å². The Bertz CT molecular complexity index is 620. The van der Waals surface area contributed by atoms with E-state index in [4.69, 9.17) is 9.47 Å². The first-order valence-electron chi connectivity index (χ1n) is 6.96. The van der Waals surface area contributed by atoms with Gasteiger partial charge in [0.1, 0.15) is 5.75 Å². The maximum absolute atomic E-state index is 11.7. The SMILES string of the molecule is CCCc1nc(Oc2ccc(C)cc2)ccc1C(=O)OC. The Morgan fingerprint density at radius 1 is 1.14 bits per heavy atom. The Labute approximate surface area is 124 Å². The van der Waals surface area contributed by atoms with Gasteiger partial charge in [0, 0.05) is 6.07 Å².